The third kappa shape index (κ3) is 3.06. The molecule has 2 amide bonds. The van der Waals surface area contributed by atoms with Crippen LogP contribution in [-0.2, 0) is 0 Å². The highest BCUT2D eigenvalue weighted by Gasteiger charge is 2.37. The molecule has 2 aliphatic rings. The van der Waals surface area contributed by atoms with Crippen molar-refractivity contribution in [1.82, 2.24) is 10.2 Å². The summed E-state index contributed by atoms with van der Waals surface area (Å²) in [7, 11) is 1.67. The Morgan fingerprint density at radius 1 is 1.23 bits per heavy atom. The van der Waals surface area contributed by atoms with Crippen LogP contribution < -0.4 is 10.1 Å². The minimum absolute atomic E-state index is 0.0876. The first kappa shape index (κ1) is 15.2. The molecule has 4 nitrogen and oxygen atoms in total. The van der Waals surface area contributed by atoms with Gasteiger partial charge in [-0.3, -0.25) is 0 Å². The van der Waals surface area contributed by atoms with E-state index in [2.05, 4.69) is 31.3 Å². The molecule has 0 radical (unpaired) electrons. The lowest BCUT2D eigenvalue weighted by atomic mass is 10.0. The van der Waals surface area contributed by atoms with Crippen LogP contribution in [-0.4, -0.2) is 30.6 Å². The van der Waals surface area contributed by atoms with E-state index in [4.69, 9.17) is 4.74 Å². The molecule has 1 saturated heterocycles. The number of nitrogens with zero attached hydrogens (tertiary/aromatic N) is 1. The van der Waals surface area contributed by atoms with Crippen LogP contribution in [0.2, 0.25) is 0 Å². The van der Waals surface area contributed by atoms with Crippen LogP contribution in [0.3, 0.4) is 0 Å². The molecule has 120 valence electrons. The molecule has 0 unspecified atom stereocenters. The van der Waals surface area contributed by atoms with Crippen molar-refractivity contribution in [3.63, 3.8) is 0 Å². The third-order valence-electron chi connectivity index (χ3n) is 5.25. The molecule has 1 aromatic carbocycles. The van der Waals surface area contributed by atoms with Gasteiger partial charge in [0.15, 0.2) is 0 Å². The Morgan fingerprint density at radius 3 is 2.41 bits per heavy atom. The quantitative estimate of drug-likeness (QED) is 0.923. The van der Waals surface area contributed by atoms with Crippen molar-refractivity contribution in [2.75, 3.05) is 13.7 Å². The number of likely N-dealkylation sites (tertiary alicyclic amines) is 1. The van der Waals surface area contributed by atoms with E-state index >= 15 is 0 Å². The number of urea groups is 1. The molecule has 4 heteroatoms. The van der Waals surface area contributed by atoms with Crippen LogP contribution in [0.5, 0.6) is 5.75 Å². The van der Waals surface area contributed by atoms with Crippen molar-refractivity contribution in [3.05, 3.63) is 29.8 Å². The summed E-state index contributed by atoms with van der Waals surface area (Å²) in [6, 6.07) is 8.62. The van der Waals surface area contributed by atoms with E-state index in [1.807, 2.05) is 17.0 Å². The SMILES string of the molecule is COc1ccc([C@H](NC(=O)N2CC[C@@H](C)[C@@H]2C)C2CC2)cc1. The predicted octanol–water partition coefficient (Wildman–Crippen LogP) is 3.59. The van der Waals surface area contributed by atoms with Gasteiger partial charge in [-0.1, -0.05) is 19.1 Å². The number of hydrogen-bond donors (Lipinski definition) is 1. The molecule has 0 spiro atoms. The molecular weight excluding hydrogens is 276 g/mol. The molecule has 3 atom stereocenters. The summed E-state index contributed by atoms with van der Waals surface area (Å²) >= 11 is 0. The second-order valence-corrected chi connectivity index (χ2v) is 6.74. The van der Waals surface area contributed by atoms with E-state index in [1.54, 1.807) is 7.11 Å². The molecule has 1 saturated carbocycles. The van der Waals surface area contributed by atoms with Gasteiger partial charge in [0.2, 0.25) is 0 Å². The number of benzene rings is 1. The summed E-state index contributed by atoms with van der Waals surface area (Å²) in [5.74, 6) is 2.02. The summed E-state index contributed by atoms with van der Waals surface area (Å²) in [5, 5.41) is 3.27. The average Bonchev–Trinajstić information content (AvgIpc) is 3.32. The first-order valence-corrected chi connectivity index (χ1v) is 8.31. The lowest BCUT2D eigenvalue weighted by Crippen LogP contribution is -2.44. The minimum atomic E-state index is 0.0876. The van der Waals surface area contributed by atoms with Crippen LogP contribution in [0.1, 0.15) is 44.7 Å². The largest absolute Gasteiger partial charge is 0.497 e. The monoisotopic (exact) mass is 302 g/mol. The molecule has 1 N–H and O–H groups in total. The summed E-state index contributed by atoms with van der Waals surface area (Å²) in [6.07, 6.45) is 3.50. The van der Waals surface area contributed by atoms with E-state index in [9.17, 15) is 4.79 Å². The Labute approximate surface area is 132 Å². The number of carbonyl (C=O) groups excluding carboxylic acids is 1. The van der Waals surface area contributed by atoms with E-state index < -0.39 is 0 Å². The maximum absolute atomic E-state index is 12.6. The van der Waals surface area contributed by atoms with Crippen molar-refractivity contribution in [2.24, 2.45) is 11.8 Å². The smallest absolute Gasteiger partial charge is 0.318 e. The summed E-state index contributed by atoms with van der Waals surface area (Å²) < 4.78 is 5.22. The fraction of sp³-hybridized carbons (Fsp3) is 0.611. The van der Waals surface area contributed by atoms with Gasteiger partial charge in [0, 0.05) is 12.6 Å². The highest BCUT2D eigenvalue weighted by molar-refractivity contribution is 5.75. The standard InChI is InChI=1S/C18H26N2O2/c1-12-10-11-20(13(12)2)18(21)19-17(14-4-5-14)15-6-8-16(22-3)9-7-15/h6-9,12-14,17H,4-5,10-11H2,1-3H3,(H,19,21)/t12-,13+,17-/m1/s1. The second kappa shape index (κ2) is 6.19. The first-order chi connectivity index (χ1) is 10.6. The zero-order valence-electron chi connectivity index (χ0n) is 13.7. The summed E-state index contributed by atoms with van der Waals surface area (Å²) in [6.45, 7) is 5.24. The Kier molecular flexibility index (Phi) is 4.27. The van der Waals surface area contributed by atoms with Crippen molar-refractivity contribution in [3.8, 4) is 5.75 Å². The van der Waals surface area contributed by atoms with Gasteiger partial charge in [-0.15, -0.1) is 0 Å². The lowest BCUT2D eigenvalue weighted by Gasteiger charge is -2.27. The van der Waals surface area contributed by atoms with Crippen molar-refractivity contribution >= 4 is 6.03 Å². The Hall–Kier alpha value is -1.71. The van der Waals surface area contributed by atoms with Crippen LogP contribution >= 0.6 is 0 Å². The Morgan fingerprint density at radius 2 is 1.91 bits per heavy atom. The highest BCUT2D eigenvalue weighted by Crippen LogP contribution is 2.41. The predicted molar refractivity (Wildman–Crippen MR) is 86.9 cm³/mol. The second-order valence-electron chi connectivity index (χ2n) is 6.74. The van der Waals surface area contributed by atoms with Gasteiger partial charge in [-0.25, -0.2) is 4.79 Å². The summed E-state index contributed by atoms with van der Waals surface area (Å²) in [5.41, 5.74) is 1.18. The molecule has 1 aromatic rings. The minimum Gasteiger partial charge on any atom is -0.497 e. The van der Waals surface area contributed by atoms with Crippen molar-refractivity contribution in [2.45, 2.75) is 45.2 Å². The lowest BCUT2D eigenvalue weighted by molar-refractivity contribution is 0.186. The third-order valence-corrected chi connectivity index (χ3v) is 5.25. The number of ether oxygens (including phenoxy) is 1. The summed E-state index contributed by atoms with van der Waals surface area (Å²) in [4.78, 5) is 14.6. The topological polar surface area (TPSA) is 41.6 Å². The number of rotatable bonds is 4. The molecule has 22 heavy (non-hydrogen) atoms. The zero-order valence-corrected chi connectivity index (χ0v) is 13.7. The molecule has 1 aliphatic heterocycles. The number of hydrogen-bond acceptors (Lipinski definition) is 2. The maximum Gasteiger partial charge on any atom is 0.318 e. The maximum atomic E-state index is 12.6. The fourth-order valence-electron chi connectivity index (χ4n) is 3.31. The van der Waals surface area contributed by atoms with E-state index in [-0.39, 0.29) is 12.1 Å². The fourth-order valence-corrected chi connectivity index (χ4v) is 3.31. The van der Waals surface area contributed by atoms with Gasteiger partial charge in [0.05, 0.1) is 13.2 Å². The number of carbonyl (C=O) groups is 1. The van der Waals surface area contributed by atoms with Gasteiger partial charge in [0.1, 0.15) is 5.75 Å². The number of nitrogens with one attached hydrogen (secondary N) is 1. The molecule has 2 fully saturated rings. The van der Waals surface area contributed by atoms with Gasteiger partial charge < -0.3 is 15.0 Å². The zero-order chi connectivity index (χ0) is 15.7. The molecule has 0 aromatic heterocycles. The van der Waals surface area contributed by atoms with Crippen LogP contribution in [0.4, 0.5) is 4.79 Å². The Bertz CT molecular complexity index is 524. The molecule has 3 rings (SSSR count). The van der Waals surface area contributed by atoms with Crippen molar-refractivity contribution in [1.29, 1.82) is 0 Å². The van der Waals surface area contributed by atoms with E-state index in [0.29, 0.717) is 17.9 Å². The molecule has 0 bridgehead atoms. The van der Waals surface area contributed by atoms with E-state index in [1.165, 1.54) is 18.4 Å². The number of amides is 2. The van der Waals surface area contributed by atoms with Gasteiger partial charge in [0.25, 0.3) is 0 Å². The molecular formula is C18H26N2O2. The van der Waals surface area contributed by atoms with Crippen LogP contribution in [0.25, 0.3) is 0 Å². The van der Waals surface area contributed by atoms with Crippen molar-refractivity contribution < 1.29 is 9.53 Å². The van der Waals surface area contributed by atoms with Crippen LogP contribution in [0, 0.1) is 11.8 Å². The average molecular weight is 302 g/mol. The molecule has 1 aliphatic carbocycles. The van der Waals surface area contributed by atoms with E-state index in [0.717, 1.165) is 18.7 Å². The van der Waals surface area contributed by atoms with Gasteiger partial charge in [-0.05, 0) is 55.7 Å². The highest BCUT2D eigenvalue weighted by atomic mass is 16.5. The van der Waals surface area contributed by atoms with Crippen LogP contribution in [0.15, 0.2) is 24.3 Å². The van der Waals surface area contributed by atoms with Gasteiger partial charge >= 0.3 is 6.03 Å². The number of methoxy groups -OCH3 is 1. The Balaban J connectivity index is 1.70. The normalized spacial score (nSPS) is 25.9. The molecule has 1 heterocycles. The van der Waals surface area contributed by atoms with Gasteiger partial charge in [-0.2, -0.15) is 0 Å². The first-order valence-electron chi connectivity index (χ1n) is 8.31.